The number of fused-ring (bicyclic) bond motifs is 2. The molecule has 128 valence electrons. The highest BCUT2D eigenvalue weighted by molar-refractivity contribution is 6.05. The van der Waals surface area contributed by atoms with Crippen LogP contribution in [0.2, 0.25) is 0 Å². The molecule has 0 amide bonds. The summed E-state index contributed by atoms with van der Waals surface area (Å²) in [5, 5.41) is 21.4. The molecule has 23 heavy (non-hydrogen) atoms. The van der Waals surface area contributed by atoms with Gasteiger partial charge in [0, 0.05) is 24.5 Å². The van der Waals surface area contributed by atoms with Crippen LogP contribution in [0.4, 0.5) is 0 Å². The van der Waals surface area contributed by atoms with Gasteiger partial charge in [0.05, 0.1) is 6.10 Å². The van der Waals surface area contributed by atoms with E-state index < -0.39 is 28.8 Å². The molecular formula is C18H26O5. The van der Waals surface area contributed by atoms with Crippen LogP contribution in [0, 0.1) is 11.3 Å². The monoisotopic (exact) mass is 322 g/mol. The first-order valence-corrected chi connectivity index (χ1v) is 8.19. The molecular weight excluding hydrogens is 296 g/mol. The molecule has 0 saturated heterocycles. The van der Waals surface area contributed by atoms with Crippen molar-refractivity contribution >= 4 is 11.6 Å². The highest BCUT2D eigenvalue weighted by atomic mass is 16.5. The van der Waals surface area contributed by atoms with E-state index in [1.807, 2.05) is 26.0 Å². The number of ketones is 2. The summed E-state index contributed by atoms with van der Waals surface area (Å²) in [6.07, 6.45) is 4.40. The Morgan fingerprint density at radius 2 is 2.09 bits per heavy atom. The normalized spacial score (nSPS) is 37.0. The third-order valence-corrected chi connectivity index (χ3v) is 5.24. The average Bonchev–Trinajstić information content (AvgIpc) is 2.49. The number of aliphatic hydroxyl groups is 2. The van der Waals surface area contributed by atoms with Gasteiger partial charge in [-0.25, -0.2) is 0 Å². The zero-order chi connectivity index (χ0) is 17.4. The highest BCUT2D eigenvalue weighted by Gasteiger charge is 2.66. The van der Waals surface area contributed by atoms with Crippen LogP contribution in [0.5, 0.6) is 0 Å². The van der Waals surface area contributed by atoms with E-state index in [0.29, 0.717) is 19.4 Å². The summed E-state index contributed by atoms with van der Waals surface area (Å²) in [7, 11) is 0. The lowest BCUT2D eigenvalue weighted by atomic mass is 9.52. The van der Waals surface area contributed by atoms with E-state index in [1.54, 1.807) is 6.92 Å². The van der Waals surface area contributed by atoms with Crippen LogP contribution >= 0.6 is 0 Å². The first kappa shape index (κ1) is 17.9. The van der Waals surface area contributed by atoms with E-state index in [9.17, 15) is 19.8 Å². The van der Waals surface area contributed by atoms with E-state index >= 15 is 0 Å². The second-order valence-electron chi connectivity index (χ2n) is 6.70. The average molecular weight is 322 g/mol. The van der Waals surface area contributed by atoms with Gasteiger partial charge in [-0.2, -0.15) is 0 Å². The molecule has 4 atom stereocenters. The van der Waals surface area contributed by atoms with Crippen molar-refractivity contribution in [1.82, 2.24) is 0 Å². The summed E-state index contributed by atoms with van der Waals surface area (Å²) in [6, 6.07) is 0. The minimum absolute atomic E-state index is 0.206. The quantitative estimate of drug-likeness (QED) is 0.734. The number of aliphatic hydroxyl groups excluding tert-OH is 1. The number of hydrogen-bond donors (Lipinski definition) is 2. The lowest BCUT2D eigenvalue weighted by Gasteiger charge is -2.54. The predicted octanol–water partition coefficient (Wildman–Crippen LogP) is 2.49. The molecule has 1 unspecified atom stereocenters. The van der Waals surface area contributed by atoms with E-state index in [2.05, 4.69) is 0 Å². The Morgan fingerprint density at radius 3 is 2.65 bits per heavy atom. The van der Waals surface area contributed by atoms with Crippen molar-refractivity contribution in [3.63, 3.8) is 0 Å². The summed E-state index contributed by atoms with van der Waals surface area (Å²) in [6.45, 7) is 7.10. The summed E-state index contributed by atoms with van der Waals surface area (Å²) in [5.41, 5.74) is -2.81. The molecule has 2 bridgehead atoms. The lowest BCUT2D eigenvalue weighted by Crippen LogP contribution is -2.66. The third kappa shape index (κ3) is 2.56. The maximum Gasteiger partial charge on any atom is 0.180 e. The summed E-state index contributed by atoms with van der Waals surface area (Å²) in [5.74, 6) is -1.61. The second-order valence-corrected chi connectivity index (χ2v) is 6.70. The Kier molecular flexibility index (Phi) is 4.83. The second kappa shape index (κ2) is 6.21. The molecule has 0 aromatic carbocycles. The molecule has 5 nitrogen and oxygen atoms in total. The van der Waals surface area contributed by atoms with Gasteiger partial charge in [0.1, 0.15) is 16.8 Å². The van der Waals surface area contributed by atoms with Gasteiger partial charge in [-0.3, -0.25) is 9.59 Å². The zero-order valence-electron chi connectivity index (χ0n) is 14.3. The molecule has 0 radical (unpaired) electrons. The Bertz CT molecular complexity index is 572. The lowest BCUT2D eigenvalue weighted by molar-refractivity contribution is -0.180. The van der Waals surface area contributed by atoms with Gasteiger partial charge in [0.2, 0.25) is 0 Å². The van der Waals surface area contributed by atoms with Crippen molar-refractivity contribution in [2.75, 3.05) is 6.61 Å². The van der Waals surface area contributed by atoms with E-state index in [-0.39, 0.29) is 23.5 Å². The van der Waals surface area contributed by atoms with Crippen LogP contribution < -0.4 is 0 Å². The number of carbonyl (C=O) groups excluding carboxylic acids is 2. The van der Waals surface area contributed by atoms with Gasteiger partial charge in [-0.1, -0.05) is 12.2 Å². The van der Waals surface area contributed by atoms with Gasteiger partial charge < -0.3 is 14.9 Å². The maximum absolute atomic E-state index is 12.7. The largest absolute Gasteiger partial charge is 0.511 e. The van der Waals surface area contributed by atoms with Gasteiger partial charge >= 0.3 is 0 Å². The van der Waals surface area contributed by atoms with E-state index in [1.165, 1.54) is 6.92 Å². The van der Waals surface area contributed by atoms with Crippen molar-refractivity contribution in [1.29, 1.82) is 0 Å². The van der Waals surface area contributed by atoms with Gasteiger partial charge in [0.15, 0.2) is 11.6 Å². The van der Waals surface area contributed by atoms with Crippen LogP contribution in [0.1, 0.15) is 47.0 Å². The van der Waals surface area contributed by atoms with Crippen LogP contribution in [0.25, 0.3) is 0 Å². The molecule has 5 heteroatoms. The number of hydrogen-bond acceptors (Lipinski definition) is 5. The number of rotatable bonds is 6. The molecule has 1 fully saturated rings. The minimum atomic E-state index is -1.65. The molecule has 3 aliphatic rings. The van der Waals surface area contributed by atoms with Crippen LogP contribution in [0.15, 0.2) is 23.5 Å². The third-order valence-electron chi connectivity index (χ3n) is 5.24. The SMILES string of the molecule is C/C=C/CCC(=O)C1=C(O)[C@]2(C)C(=O)[C@@](C)(O)[C@H]1CC2OCC. The molecule has 0 aromatic heterocycles. The van der Waals surface area contributed by atoms with Gasteiger partial charge in [-0.05, 0) is 40.5 Å². The fraction of sp³-hybridized carbons (Fsp3) is 0.667. The first-order chi connectivity index (χ1) is 10.7. The Morgan fingerprint density at radius 1 is 1.43 bits per heavy atom. The Hall–Kier alpha value is -1.46. The van der Waals surface area contributed by atoms with Crippen LogP contribution in [-0.4, -0.2) is 40.1 Å². The molecule has 2 N–H and O–H groups in total. The fourth-order valence-corrected chi connectivity index (χ4v) is 3.89. The van der Waals surface area contributed by atoms with E-state index in [4.69, 9.17) is 4.74 Å². The van der Waals surface area contributed by atoms with Crippen molar-refractivity contribution in [2.24, 2.45) is 11.3 Å². The van der Waals surface area contributed by atoms with Gasteiger partial charge in [0.25, 0.3) is 0 Å². The minimum Gasteiger partial charge on any atom is -0.511 e. The number of carbonyl (C=O) groups is 2. The molecule has 0 heterocycles. The highest BCUT2D eigenvalue weighted by Crippen LogP contribution is 2.55. The summed E-state index contributed by atoms with van der Waals surface area (Å²) in [4.78, 5) is 25.3. The van der Waals surface area contributed by atoms with Crippen molar-refractivity contribution < 1.29 is 24.5 Å². The molecule has 0 aliphatic heterocycles. The number of allylic oxidation sites excluding steroid dienone is 2. The summed E-state index contributed by atoms with van der Waals surface area (Å²) < 4.78 is 5.63. The van der Waals surface area contributed by atoms with Crippen LogP contribution in [0.3, 0.4) is 0 Å². The Labute approximate surface area is 137 Å². The molecule has 0 aromatic rings. The maximum atomic E-state index is 12.7. The predicted molar refractivity (Wildman–Crippen MR) is 86.0 cm³/mol. The summed E-state index contributed by atoms with van der Waals surface area (Å²) >= 11 is 0. The number of ether oxygens (including phenoxy) is 1. The standard InChI is InChI=1S/C18H26O5/c1-5-7-8-9-12(19)14-11-10-13(23-6-2)17(3,15(14)20)16(21)18(11,4)22/h5,7,11,13,20,22H,6,8-10H2,1-4H3/b7-5+/t11-,13?,17+,18-/m0/s1. The van der Waals surface area contributed by atoms with Crippen molar-refractivity contribution in [3.05, 3.63) is 23.5 Å². The van der Waals surface area contributed by atoms with Gasteiger partial charge in [-0.15, -0.1) is 0 Å². The number of Topliss-reactive ketones (excluding diaryl/α,β-unsaturated/α-hetero) is 2. The van der Waals surface area contributed by atoms with Crippen molar-refractivity contribution in [2.45, 2.75) is 58.7 Å². The zero-order valence-corrected chi connectivity index (χ0v) is 14.3. The van der Waals surface area contributed by atoms with Crippen LogP contribution in [-0.2, 0) is 14.3 Å². The molecule has 3 aliphatic carbocycles. The molecule has 0 spiro atoms. The van der Waals surface area contributed by atoms with Crippen molar-refractivity contribution in [3.8, 4) is 0 Å². The first-order valence-electron chi connectivity index (χ1n) is 8.19. The molecule has 3 rings (SSSR count). The molecule has 1 saturated carbocycles. The fourth-order valence-electron chi connectivity index (χ4n) is 3.89. The Balaban J connectivity index is 2.46. The van der Waals surface area contributed by atoms with E-state index in [0.717, 1.165) is 0 Å². The smallest absolute Gasteiger partial charge is 0.180 e. The topological polar surface area (TPSA) is 83.8 Å².